The van der Waals surface area contributed by atoms with E-state index in [-0.39, 0.29) is 36.8 Å². The van der Waals surface area contributed by atoms with E-state index in [9.17, 15) is 24.0 Å². The number of rotatable bonds is 9. The van der Waals surface area contributed by atoms with Crippen molar-refractivity contribution in [1.29, 1.82) is 0 Å². The van der Waals surface area contributed by atoms with Gasteiger partial charge in [0.15, 0.2) is 11.6 Å². The third-order valence-electron chi connectivity index (χ3n) is 5.68. The van der Waals surface area contributed by atoms with Gasteiger partial charge in [0.05, 0.1) is 30.8 Å². The van der Waals surface area contributed by atoms with E-state index in [1.54, 1.807) is 0 Å². The summed E-state index contributed by atoms with van der Waals surface area (Å²) in [5.41, 5.74) is 2.93. The first-order valence-electron chi connectivity index (χ1n) is 9.94. The van der Waals surface area contributed by atoms with Gasteiger partial charge in [-0.25, -0.2) is 24.8 Å². The summed E-state index contributed by atoms with van der Waals surface area (Å²) >= 11 is 0. The molecule has 1 saturated carbocycles. The lowest BCUT2D eigenvalue weighted by Crippen LogP contribution is -2.51. The quantitative estimate of drug-likeness (QED) is 0.355. The van der Waals surface area contributed by atoms with Gasteiger partial charge in [-0.2, -0.15) is 0 Å². The van der Waals surface area contributed by atoms with Gasteiger partial charge in [0, 0.05) is 6.54 Å². The van der Waals surface area contributed by atoms with Crippen LogP contribution in [-0.4, -0.2) is 62.5 Å². The number of nitrogens with one attached hydrogen (secondary N) is 1. The smallest absolute Gasteiger partial charge is 0.242 e. The van der Waals surface area contributed by atoms with Crippen LogP contribution in [0.3, 0.4) is 0 Å². The van der Waals surface area contributed by atoms with Gasteiger partial charge >= 0.3 is 0 Å². The first kappa shape index (κ1) is 21.3. The van der Waals surface area contributed by atoms with Gasteiger partial charge < -0.3 is 0 Å². The van der Waals surface area contributed by atoms with E-state index >= 15 is 0 Å². The van der Waals surface area contributed by atoms with Gasteiger partial charge in [-0.05, 0) is 18.8 Å². The molecule has 2 amide bonds. The van der Waals surface area contributed by atoms with E-state index in [2.05, 4.69) is 15.4 Å². The molecule has 2 N–H and O–H groups in total. The standard InChI is InChI=1S/C19H26FN5O4/c20-15-9-21-11-22-16(15)8-18(27)17-5-6-23-25(17)19(28)14(10-24(29)12-26)7-13-3-1-2-4-13/h9,11-14,17,23,29H,1-8,10H2/t14-,17+/m1/s1. The first-order chi connectivity index (χ1) is 14.0. The number of ketones is 1. The Hall–Kier alpha value is -2.46. The minimum absolute atomic E-state index is 0.00528. The number of carbonyl (C=O) groups is 3. The van der Waals surface area contributed by atoms with Crippen molar-refractivity contribution in [2.75, 3.05) is 13.1 Å². The van der Waals surface area contributed by atoms with Crippen LogP contribution in [0, 0.1) is 17.7 Å². The van der Waals surface area contributed by atoms with Crippen molar-refractivity contribution in [3.8, 4) is 0 Å². The van der Waals surface area contributed by atoms with Crippen LogP contribution in [0.4, 0.5) is 4.39 Å². The number of hydrazine groups is 1. The lowest BCUT2D eigenvalue weighted by Gasteiger charge is -2.29. The second-order valence-electron chi connectivity index (χ2n) is 7.69. The molecular formula is C19H26FN5O4. The molecule has 0 aromatic carbocycles. The Morgan fingerprint density at radius 3 is 2.83 bits per heavy atom. The number of hydrogen-bond donors (Lipinski definition) is 2. The van der Waals surface area contributed by atoms with Crippen molar-refractivity contribution in [2.45, 2.75) is 51.0 Å². The highest BCUT2D eigenvalue weighted by atomic mass is 19.1. The largest absolute Gasteiger partial charge is 0.297 e. The minimum atomic E-state index is -0.744. The molecule has 2 heterocycles. The fourth-order valence-corrected chi connectivity index (χ4v) is 4.22. The second kappa shape index (κ2) is 9.84. The highest BCUT2D eigenvalue weighted by Crippen LogP contribution is 2.31. The number of Topliss-reactive ketones (excluding diaryl/α,β-unsaturated/α-hetero) is 1. The zero-order chi connectivity index (χ0) is 20.8. The predicted octanol–water partition coefficient (Wildman–Crippen LogP) is 0.877. The second-order valence-corrected chi connectivity index (χ2v) is 7.69. The Morgan fingerprint density at radius 1 is 1.38 bits per heavy atom. The molecule has 9 nitrogen and oxygen atoms in total. The third kappa shape index (κ3) is 5.33. The van der Waals surface area contributed by atoms with Crippen molar-refractivity contribution < 1.29 is 24.0 Å². The van der Waals surface area contributed by atoms with Crippen LogP contribution in [0.15, 0.2) is 12.5 Å². The van der Waals surface area contributed by atoms with Gasteiger partial charge in [0.25, 0.3) is 0 Å². The van der Waals surface area contributed by atoms with Crippen molar-refractivity contribution in [3.05, 3.63) is 24.0 Å². The Morgan fingerprint density at radius 2 is 2.14 bits per heavy atom. The van der Waals surface area contributed by atoms with Crippen LogP contribution in [0.1, 0.15) is 44.2 Å². The molecule has 1 aliphatic carbocycles. The van der Waals surface area contributed by atoms with Gasteiger partial charge in [-0.1, -0.05) is 25.7 Å². The summed E-state index contributed by atoms with van der Waals surface area (Å²) in [4.78, 5) is 44.2. The van der Waals surface area contributed by atoms with Crippen LogP contribution in [0.5, 0.6) is 0 Å². The zero-order valence-electron chi connectivity index (χ0n) is 16.2. The molecule has 158 valence electrons. The normalized spacial score (nSPS) is 20.6. The molecule has 1 saturated heterocycles. The van der Waals surface area contributed by atoms with Gasteiger partial charge in [-0.15, -0.1) is 0 Å². The zero-order valence-corrected chi connectivity index (χ0v) is 16.2. The average molecular weight is 407 g/mol. The number of hydroxylamine groups is 2. The van der Waals surface area contributed by atoms with Gasteiger partial charge in [0.1, 0.15) is 12.4 Å². The summed E-state index contributed by atoms with van der Waals surface area (Å²) in [7, 11) is 0. The van der Waals surface area contributed by atoms with Crippen LogP contribution >= 0.6 is 0 Å². The summed E-state index contributed by atoms with van der Waals surface area (Å²) in [6, 6.07) is -0.744. The summed E-state index contributed by atoms with van der Waals surface area (Å²) in [5.74, 6) is -1.58. The van der Waals surface area contributed by atoms with E-state index < -0.39 is 17.8 Å². The van der Waals surface area contributed by atoms with Crippen molar-refractivity contribution >= 4 is 18.1 Å². The lowest BCUT2D eigenvalue weighted by atomic mass is 9.91. The maximum absolute atomic E-state index is 13.8. The first-order valence-corrected chi connectivity index (χ1v) is 9.94. The molecule has 1 aromatic heterocycles. The third-order valence-corrected chi connectivity index (χ3v) is 5.68. The van der Waals surface area contributed by atoms with Crippen molar-refractivity contribution in [3.63, 3.8) is 0 Å². The van der Waals surface area contributed by atoms with Crippen LogP contribution in [0.2, 0.25) is 0 Å². The van der Waals surface area contributed by atoms with Crippen LogP contribution < -0.4 is 5.43 Å². The highest BCUT2D eigenvalue weighted by molar-refractivity contribution is 5.91. The monoisotopic (exact) mass is 407 g/mol. The highest BCUT2D eigenvalue weighted by Gasteiger charge is 2.38. The fourth-order valence-electron chi connectivity index (χ4n) is 4.22. The van der Waals surface area contributed by atoms with Crippen LogP contribution in [0.25, 0.3) is 0 Å². The Bertz CT molecular complexity index is 743. The van der Waals surface area contributed by atoms with Crippen molar-refractivity contribution in [2.24, 2.45) is 11.8 Å². The molecule has 0 bridgehead atoms. The summed E-state index contributed by atoms with van der Waals surface area (Å²) in [6.45, 7) is 0.305. The number of nitrogens with zero attached hydrogens (tertiary/aromatic N) is 4. The summed E-state index contributed by atoms with van der Waals surface area (Å²) < 4.78 is 13.8. The summed E-state index contributed by atoms with van der Waals surface area (Å²) in [5, 5.41) is 11.4. The molecule has 1 aliphatic heterocycles. The van der Waals surface area contributed by atoms with E-state index in [4.69, 9.17) is 0 Å². The van der Waals surface area contributed by atoms with Gasteiger partial charge in [0.2, 0.25) is 12.3 Å². The van der Waals surface area contributed by atoms with Crippen molar-refractivity contribution in [1.82, 2.24) is 25.5 Å². The maximum Gasteiger partial charge on any atom is 0.242 e. The Kier molecular flexibility index (Phi) is 7.21. The van der Waals surface area contributed by atoms with E-state index in [1.807, 2.05) is 0 Å². The van der Waals surface area contributed by atoms with Crippen LogP contribution in [-0.2, 0) is 20.8 Å². The number of halogens is 1. The molecule has 2 atom stereocenters. The fraction of sp³-hybridized carbons (Fsp3) is 0.632. The maximum atomic E-state index is 13.8. The number of carbonyl (C=O) groups excluding carboxylic acids is 3. The molecule has 29 heavy (non-hydrogen) atoms. The number of aromatic nitrogens is 2. The molecule has 10 heteroatoms. The summed E-state index contributed by atoms with van der Waals surface area (Å²) in [6.07, 6.45) is 7.40. The van der Waals surface area contributed by atoms with E-state index in [0.29, 0.717) is 30.4 Å². The molecule has 0 spiro atoms. The average Bonchev–Trinajstić information content (AvgIpc) is 3.40. The predicted molar refractivity (Wildman–Crippen MR) is 98.6 cm³/mol. The molecule has 3 rings (SSSR count). The topological polar surface area (TPSA) is 116 Å². The SMILES string of the molecule is O=CN(O)C[C@@H](CC1CCCC1)C(=O)N1NCC[C@H]1C(=O)Cc1ncncc1F. The molecule has 2 aliphatic rings. The van der Waals surface area contributed by atoms with E-state index in [1.165, 1.54) is 11.3 Å². The van der Waals surface area contributed by atoms with E-state index in [0.717, 1.165) is 31.9 Å². The molecule has 0 unspecified atom stereocenters. The minimum Gasteiger partial charge on any atom is -0.297 e. The Balaban J connectivity index is 1.70. The molecule has 0 radical (unpaired) electrons. The lowest BCUT2D eigenvalue weighted by molar-refractivity contribution is -0.159. The van der Waals surface area contributed by atoms with Gasteiger partial charge in [-0.3, -0.25) is 24.6 Å². The molecule has 2 fully saturated rings. The number of amides is 2. The molecule has 1 aromatic rings. The molecular weight excluding hydrogens is 381 g/mol. The Labute approximate surface area is 168 Å². The number of hydrogen-bond acceptors (Lipinski definition) is 7.